The van der Waals surface area contributed by atoms with E-state index >= 15 is 0 Å². The number of hydrogen-bond donors (Lipinski definition) is 0. The lowest BCUT2D eigenvalue weighted by Crippen LogP contribution is -2.31. The van der Waals surface area contributed by atoms with Gasteiger partial charge in [0.2, 0.25) is 0 Å². The van der Waals surface area contributed by atoms with Gasteiger partial charge >= 0.3 is 0 Å². The quantitative estimate of drug-likeness (QED) is 0.544. The van der Waals surface area contributed by atoms with Gasteiger partial charge in [0, 0.05) is 13.1 Å². The summed E-state index contributed by atoms with van der Waals surface area (Å²) < 4.78 is 41.7. The van der Waals surface area contributed by atoms with Gasteiger partial charge < -0.3 is 14.4 Å². The Labute approximate surface area is 189 Å². The van der Waals surface area contributed by atoms with Gasteiger partial charge in [0.05, 0.1) is 24.8 Å². The molecule has 11 heteroatoms. The van der Waals surface area contributed by atoms with Crippen LogP contribution in [0.15, 0.2) is 57.8 Å². The molecule has 1 amide bonds. The normalized spacial score (nSPS) is 14.6. The highest BCUT2D eigenvalue weighted by Gasteiger charge is 2.26. The number of rotatable bonds is 6. The summed E-state index contributed by atoms with van der Waals surface area (Å²) in [6.45, 7) is 1.23. The standard InChI is InChI=1S/C21H22N4O5S2/c1-29-16-7-5-15(6-8-16)25-22-19(21(26)24-13-3-4-14-24)20(31-25)23-32(27,28)18-11-9-17(30-2)10-12-18/h5-12H,3-4,13-14H2,1-2H3/b23-20-. The van der Waals surface area contributed by atoms with Crippen molar-refractivity contribution in [1.82, 2.24) is 14.1 Å². The summed E-state index contributed by atoms with van der Waals surface area (Å²) in [6, 6.07) is 13.0. The molecule has 32 heavy (non-hydrogen) atoms. The summed E-state index contributed by atoms with van der Waals surface area (Å²) in [5, 5.41) is 4.41. The second kappa shape index (κ2) is 9.13. The minimum absolute atomic E-state index is 0.00210. The van der Waals surface area contributed by atoms with Gasteiger partial charge in [-0.05, 0) is 72.9 Å². The van der Waals surface area contributed by atoms with Crippen molar-refractivity contribution in [2.24, 2.45) is 4.40 Å². The fourth-order valence-corrected chi connectivity index (χ4v) is 5.32. The number of carbonyl (C=O) groups is 1. The number of sulfonamides is 1. The van der Waals surface area contributed by atoms with E-state index in [1.807, 2.05) is 0 Å². The summed E-state index contributed by atoms with van der Waals surface area (Å²) in [7, 11) is -0.993. The van der Waals surface area contributed by atoms with E-state index in [0.29, 0.717) is 30.3 Å². The lowest BCUT2D eigenvalue weighted by atomic mass is 10.3. The first-order valence-electron chi connectivity index (χ1n) is 9.91. The molecule has 2 aromatic carbocycles. The molecule has 0 saturated carbocycles. The predicted octanol–water partition coefficient (Wildman–Crippen LogP) is 2.48. The minimum atomic E-state index is -4.06. The van der Waals surface area contributed by atoms with Crippen LogP contribution in [0.25, 0.3) is 5.69 Å². The topological polar surface area (TPSA) is 103 Å². The SMILES string of the molecule is COc1ccc(-n2nc(C(=O)N3CCCC3)/c(=N/S(=O)(=O)c3ccc(OC)cc3)s2)cc1. The highest BCUT2D eigenvalue weighted by atomic mass is 32.2. The number of amides is 1. The molecule has 1 fully saturated rings. The van der Waals surface area contributed by atoms with Gasteiger partial charge in [-0.3, -0.25) is 4.79 Å². The van der Waals surface area contributed by atoms with E-state index in [1.165, 1.54) is 23.3 Å². The van der Waals surface area contributed by atoms with Crippen LogP contribution < -0.4 is 14.1 Å². The number of ether oxygens (including phenoxy) is 2. The van der Waals surface area contributed by atoms with Crippen LogP contribution >= 0.6 is 11.5 Å². The fraction of sp³-hybridized carbons (Fsp3) is 0.286. The molecule has 0 spiro atoms. The average molecular weight is 475 g/mol. The molecular formula is C21H22N4O5S2. The number of likely N-dealkylation sites (tertiary alicyclic amines) is 1. The van der Waals surface area contributed by atoms with Crippen molar-refractivity contribution in [1.29, 1.82) is 0 Å². The second-order valence-electron chi connectivity index (χ2n) is 7.06. The van der Waals surface area contributed by atoms with Crippen LogP contribution in [0.4, 0.5) is 0 Å². The van der Waals surface area contributed by atoms with E-state index in [0.717, 1.165) is 24.4 Å². The Hall–Kier alpha value is -3.18. The first-order valence-corrected chi connectivity index (χ1v) is 12.1. The minimum Gasteiger partial charge on any atom is -0.497 e. The first kappa shape index (κ1) is 22.0. The van der Waals surface area contributed by atoms with Gasteiger partial charge in [-0.25, -0.2) is 0 Å². The zero-order valence-corrected chi connectivity index (χ0v) is 19.2. The summed E-state index contributed by atoms with van der Waals surface area (Å²) in [5.41, 5.74) is 0.680. The van der Waals surface area contributed by atoms with Crippen molar-refractivity contribution in [3.63, 3.8) is 0 Å². The smallest absolute Gasteiger partial charge is 0.283 e. The molecule has 3 aromatic rings. The molecular weight excluding hydrogens is 452 g/mol. The van der Waals surface area contributed by atoms with Gasteiger partial charge in [-0.2, -0.15) is 12.5 Å². The van der Waals surface area contributed by atoms with Crippen molar-refractivity contribution in [3.8, 4) is 17.2 Å². The third-order valence-corrected chi connectivity index (χ3v) is 7.35. The van der Waals surface area contributed by atoms with Gasteiger partial charge in [-0.1, -0.05) is 0 Å². The molecule has 0 radical (unpaired) electrons. The van der Waals surface area contributed by atoms with Crippen LogP contribution in [-0.4, -0.2) is 55.7 Å². The van der Waals surface area contributed by atoms with Crippen LogP contribution in [-0.2, 0) is 10.0 Å². The van der Waals surface area contributed by atoms with E-state index in [-0.39, 0.29) is 21.2 Å². The fourth-order valence-electron chi connectivity index (χ4n) is 3.27. The molecule has 1 saturated heterocycles. The molecule has 168 valence electrons. The predicted molar refractivity (Wildman–Crippen MR) is 119 cm³/mol. The molecule has 0 aliphatic carbocycles. The Kier molecular flexibility index (Phi) is 6.28. The molecule has 2 heterocycles. The van der Waals surface area contributed by atoms with Crippen molar-refractivity contribution >= 4 is 27.5 Å². The zero-order valence-electron chi connectivity index (χ0n) is 17.6. The Morgan fingerprint density at radius 1 is 0.969 bits per heavy atom. The number of nitrogens with zero attached hydrogens (tertiary/aromatic N) is 4. The Balaban J connectivity index is 1.80. The average Bonchev–Trinajstić information content (AvgIpc) is 3.49. The number of benzene rings is 2. The van der Waals surface area contributed by atoms with Crippen molar-refractivity contribution in [2.75, 3.05) is 27.3 Å². The van der Waals surface area contributed by atoms with E-state index in [4.69, 9.17) is 9.47 Å². The number of aromatic nitrogens is 2. The highest BCUT2D eigenvalue weighted by molar-refractivity contribution is 7.90. The van der Waals surface area contributed by atoms with Crippen LogP contribution in [0.1, 0.15) is 23.3 Å². The van der Waals surface area contributed by atoms with E-state index < -0.39 is 10.0 Å². The number of hydrogen-bond acceptors (Lipinski definition) is 7. The van der Waals surface area contributed by atoms with Gasteiger partial charge in [0.1, 0.15) is 11.5 Å². The maximum Gasteiger partial charge on any atom is 0.283 e. The third-order valence-electron chi connectivity index (χ3n) is 5.02. The number of carbonyl (C=O) groups excluding carboxylic acids is 1. The summed E-state index contributed by atoms with van der Waals surface area (Å²) in [6.07, 6.45) is 1.82. The van der Waals surface area contributed by atoms with E-state index in [9.17, 15) is 13.2 Å². The molecule has 0 N–H and O–H groups in total. The molecule has 0 bridgehead atoms. The van der Waals surface area contributed by atoms with Gasteiger partial charge in [-0.15, -0.1) is 9.50 Å². The Morgan fingerprint density at radius 3 is 2.09 bits per heavy atom. The lowest BCUT2D eigenvalue weighted by Gasteiger charge is -2.12. The first-order chi connectivity index (χ1) is 15.4. The van der Waals surface area contributed by atoms with Gasteiger partial charge in [0.15, 0.2) is 10.4 Å². The van der Waals surface area contributed by atoms with Gasteiger partial charge in [0.25, 0.3) is 15.9 Å². The molecule has 0 atom stereocenters. The van der Waals surface area contributed by atoms with Crippen molar-refractivity contribution in [2.45, 2.75) is 17.7 Å². The summed E-state index contributed by atoms with van der Waals surface area (Å²) in [4.78, 5) is 14.8. The van der Waals surface area contributed by atoms with E-state index in [2.05, 4.69) is 9.50 Å². The zero-order chi connectivity index (χ0) is 22.7. The molecule has 0 unspecified atom stereocenters. The largest absolute Gasteiger partial charge is 0.497 e. The maximum absolute atomic E-state index is 13.1. The summed E-state index contributed by atoms with van der Waals surface area (Å²) in [5.74, 6) is 0.880. The molecule has 4 rings (SSSR count). The molecule has 1 aromatic heterocycles. The third kappa shape index (κ3) is 4.53. The maximum atomic E-state index is 13.1. The molecule has 9 nitrogen and oxygen atoms in total. The summed E-state index contributed by atoms with van der Waals surface area (Å²) >= 11 is 0.989. The Morgan fingerprint density at radius 2 is 1.53 bits per heavy atom. The lowest BCUT2D eigenvalue weighted by molar-refractivity contribution is 0.0785. The second-order valence-corrected chi connectivity index (χ2v) is 9.58. The molecule has 1 aliphatic rings. The van der Waals surface area contributed by atoms with Crippen LogP contribution in [0.3, 0.4) is 0 Å². The van der Waals surface area contributed by atoms with Crippen molar-refractivity contribution in [3.05, 3.63) is 58.9 Å². The van der Waals surface area contributed by atoms with Crippen LogP contribution in [0.2, 0.25) is 0 Å². The monoisotopic (exact) mass is 474 g/mol. The van der Waals surface area contributed by atoms with Crippen LogP contribution in [0, 0.1) is 0 Å². The Bertz CT molecular complexity index is 1270. The number of methoxy groups -OCH3 is 2. The van der Waals surface area contributed by atoms with Crippen LogP contribution in [0.5, 0.6) is 11.5 Å². The van der Waals surface area contributed by atoms with Crippen molar-refractivity contribution < 1.29 is 22.7 Å². The molecule has 1 aliphatic heterocycles. The van der Waals surface area contributed by atoms with E-state index in [1.54, 1.807) is 48.4 Å². The highest BCUT2D eigenvalue weighted by Crippen LogP contribution is 2.19.